The van der Waals surface area contributed by atoms with E-state index in [0.29, 0.717) is 6.04 Å². The van der Waals surface area contributed by atoms with Crippen LogP contribution in [0.15, 0.2) is 18.2 Å². The number of fused-ring (bicyclic) bond motifs is 1. The molecule has 0 spiro atoms. The van der Waals surface area contributed by atoms with Gasteiger partial charge >= 0.3 is 0 Å². The van der Waals surface area contributed by atoms with E-state index in [1.807, 2.05) is 0 Å². The second-order valence-electron chi connectivity index (χ2n) is 6.35. The maximum atomic E-state index is 5.63. The van der Waals surface area contributed by atoms with Gasteiger partial charge in [0.25, 0.3) is 0 Å². The highest BCUT2D eigenvalue weighted by Crippen LogP contribution is 2.41. The van der Waals surface area contributed by atoms with E-state index in [1.165, 1.54) is 43.2 Å². The minimum absolute atomic E-state index is 0.506. The average Bonchev–Trinajstić information content (AvgIpc) is 2.96. The van der Waals surface area contributed by atoms with Crippen molar-refractivity contribution in [2.45, 2.75) is 51.5 Å². The van der Waals surface area contributed by atoms with Crippen molar-refractivity contribution in [2.24, 2.45) is 11.8 Å². The first-order valence-electron chi connectivity index (χ1n) is 8.26. The fourth-order valence-corrected chi connectivity index (χ4v) is 4.21. The Morgan fingerprint density at radius 2 is 2.15 bits per heavy atom. The van der Waals surface area contributed by atoms with Crippen molar-refractivity contribution >= 4 is 0 Å². The zero-order chi connectivity index (χ0) is 13.9. The van der Waals surface area contributed by atoms with E-state index in [9.17, 15) is 0 Å². The van der Waals surface area contributed by atoms with Gasteiger partial charge in [0.2, 0.25) is 0 Å². The molecule has 1 fully saturated rings. The molecule has 0 aromatic heterocycles. The van der Waals surface area contributed by atoms with Crippen LogP contribution in [-0.4, -0.2) is 13.7 Å². The molecule has 2 nitrogen and oxygen atoms in total. The minimum atomic E-state index is 0.506. The molecular formula is C18H27NO. The molecular weight excluding hydrogens is 246 g/mol. The molecule has 2 aliphatic rings. The van der Waals surface area contributed by atoms with E-state index in [1.54, 1.807) is 0 Å². The van der Waals surface area contributed by atoms with E-state index >= 15 is 0 Å². The molecule has 0 bridgehead atoms. The van der Waals surface area contributed by atoms with Crippen molar-refractivity contribution in [3.63, 3.8) is 0 Å². The van der Waals surface area contributed by atoms with Gasteiger partial charge in [0, 0.05) is 12.5 Å². The Morgan fingerprint density at radius 3 is 2.95 bits per heavy atom. The van der Waals surface area contributed by atoms with Crippen molar-refractivity contribution < 1.29 is 4.74 Å². The molecule has 3 rings (SSSR count). The first-order chi connectivity index (χ1) is 9.83. The van der Waals surface area contributed by atoms with Gasteiger partial charge in [0.1, 0.15) is 5.75 Å². The molecule has 0 radical (unpaired) electrons. The fourth-order valence-electron chi connectivity index (χ4n) is 4.21. The Labute approximate surface area is 122 Å². The van der Waals surface area contributed by atoms with Crippen LogP contribution in [0.5, 0.6) is 5.75 Å². The molecule has 3 atom stereocenters. The lowest BCUT2D eigenvalue weighted by atomic mass is 9.72. The van der Waals surface area contributed by atoms with Gasteiger partial charge in [-0.2, -0.15) is 0 Å². The van der Waals surface area contributed by atoms with Gasteiger partial charge in [-0.05, 0) is 42.5 Å². The number of nitrogens with one attached hydrogen (secondary N) is 1. The van der Waals surface area contributed by atoms with Crippen LogP contribution in [0.3, 0.4) is 0 Å². The normalized spacial score (nSPS) is 26.9. The van der Waals surface area contributed by atoms with Gasteiger partial charge in [-0.1, -0.05) is 44.7 Å². The van der Waals surface area contributed by atoms with Gasteiger partial charge < -0.3 is 10.1 Å². The summed E-state index contributed by atoms with van der Waals surface area (Å²) in [6.07, 6.45) is 7.99. The number of benzene rings is 1. The molecule has 110 valence electrons. The predicted octanol–water partition coefficient (Wildman–Crippen LogP) is 4.10. The summed E-state index contributed by atoms with van der Waals surface area (Å²) in [5.74, 6) is 2.77. The molecule has 2 heteroatoms. The number of hydrogen-bond donors (Lipinski definition) is 1. The van der Waals surface area contributed by atoms with Gasteiger partial charge in [0.05, 0.1) is 6.61 Å². The highest BCUT2D eigenvalue weighted by Gasteiger charge is 2.31. The monoisotopic (exact) mass is 273 g/mol. The SMILES string of the molecule is CCC1CCCCC1C(NC)c1ccc2c(c1)CCO2. The summed E-state index contributed by atoms with van der Waals surface area (Å²) >= 11 is 0. The first-order valence-corrected chi connectivity index (χ1v) is 8.26. The van der Waals surface area contributed by atoms with Crippen LogP contribution in [0.1, 0.15) is 56.2 Å². The lowest BCUT2D eigenvalue weighted by Crippen LogP contribution is -2.32. The molecule has 1 aromatic carbocycles. The van der Waals surface area contributed by atoms with Crippen LogP contribution in [0, 0.1) is 11.8 Å². The van der Waals surface area contributed by atoms with Crippen molar-refractivity contribution in [3.8, 4) is 5.75 Å². The van der Waals surface area contributed by atoms with Gasteiger partial charge in [0.15, 0.2) is 0 Å². The van der Waals surface area contributed by atoms with E-state index < -0.39 is 0 Å². The summed E-state index contributed by atoms with van der Waals surface area (Å²) < 4.78 is 5.63. The topological polar surface area (TPSA) is 21.3 Å². The van der Waals surface area contributed by atoms with Crippen LogP contribution in [0.4, 0.5) is 0 Å². The maximum absolute atomic E-state index is 5.63. The van der Waals surface area contributed by atoms with Crippen molar-refractivity contribution in [3.05, 3.63) is 29.3 Å². The molecule has 1 saturated carbocycles. The van der Waals surface area contributed by atoms with Crippen molar-refractivity contribution in [1.82, 2.24) is 5.32 Å². The Hall–Kier alpha value is -1.02. The molecule has 3 unspecified atom stereocenters. The van der Waals surface area contributed by atoms with E-state index in [-0.39, 0.29) is 0 Å². The van der Waals surface area contributed by atoms with Crippen LogP contribution in [-0.2, 0) is 6.42 Å². The summed E-state index contributed by atoms with van der Waals surface area (Å²) in [7, 11) is 2.12. The predicted molar refractivity (Wildman–Crippen MR) is 83.2 cm³/mol. The Kier molecular flexibility index (Phi) is 4.30. The van der Waals surface area contributed by atoms with Crippen LogP contribution in [0.2, 0.25) is 0 Å². The van der Waals surface area contributed by atoms with Crippen molar-refractivity contribution in [2.75, 3.05) is 13.7 Å². The summed E-state index contributed by atoms with van der Waals surface area (Å²) in [5, 5.41) is 3.60. The van der Waals surface area contributed by atoms with Crippen LogP contribution < -0.4 is 10.1 Å². The van der Waals surface area contributed by atoms with Crippen LogP contribution in [0.25, 0.3) is 0 Å². The average molecular weight is 273 g/mol. The van der Waals surface area contributed by atoms with Gasteiger partial charge in [-0.15, -0.1) is 0 Å². The lowest BCUT2D eigenvalue weighted by Gasteiger charge is -2.37. The highest BCUT2D eigenvalue weighted by atomic mass is 16.5. The standard InChI is InChI=1S/C18H27NO/c1-3-13-6-4-5-7-16(13)18(19-2)15-8-9-17-14(12-15)10-11-20-17/h8-9,12-13,16,18-19H,3-7,10-11H2,1-2H3. The molecule has 0 amide bonds. The maximum Gasteiger partial charge on any atom is 0.122 e. The minimum Gasteiger partial charge on any atom is -0.493 e. The Bertz CT molecular complexity index is 457. The highest BCUT2D eigenvalue weighted by molar-refractivity contribution is 5.41. The zero-order valence-electron chi connectivity index (χ0n) is 12.8. The number of rotatable bonds is 4. The molecule has 0 saturated heterocycles. The molecule has 1 heterocycles. The first kappa shape index (κ1) is 13.9. The summed E-state index contributed by atoms with van der Waals surface area (Å²) in [6.45, 7) is 3.20. The van der Waals surface area contributed by atoms with Crippen molar-refractivity contribution in [1.29, 1.82) is 0 Å². The lowest BCUT2D eigenvalue weighted by molar-refractivity contribution is 0.180. The second kappa shape index (κ2) is 6.17. The summed E-state index contributed by atoms with van der Waals surface area (Å²) in [5.41, 5.74) is 2.86. The third-order valence-corrected chi connectivity index (χ3v) is 5.30. The fraction of sp³-hybridized carbons (Fsp3) is 0.667. The summed E-state index contributed by atoms with van der Waals surface area (Å²) in [4.78, 5) is 0. The summed E-state index contributed by atoms with van der Waals surface area (Å²) in [6, 6.07) is 7.33. The second-order valence-corrected chi connectivity index (χ2v) is 6.35. The zero-order valence-corrected chi connectivity index (χ0v) is 12.8. The van der Waals surface area contributed by atoms with E-state index in [0.717, 1.165) is 30.6 Å². The largest absolute Gasteiger partial charge is 0.493 e. The van der Waals surface area contributed by atoms with Crippen LogP contribution >= 0.6 is 0 Å². The Balaban J connectivity index is 1.85. The molecule has 20 heavy (non-hydrogen) atoms. The molecule has 1 aliphatic heterocycles. The smallest absolute Gasteiger partial charge is 0.122 e. The Morgan fingerprint density at radius 1 is 1.30 bits per heavy atom. The number of ether oxygens (including phenoxy) is 1. The van der Waals surface area contributed by atoms with Gasteiger partial charge in [-0.25, -0.2) is 0 Å². The van der Waals surface area contributed by atoms with E-state index in [2.05, 4.69) is 37.5 Å². The quantitative estimate of drug-likeness (QED) is 0.892. The molecule has 1 N–H and O–H groups in total. The third kappa shape index (κ3) is 2.58. The van der Waals surface area contributed by atoms with Gasteiger partial charge in [-0.3, -0.25) is 0 Å². The van der Waals surface area contributed by atoms with E-state index in [4.69, 9.17) is 4.74 Å². The number of hydrogen-bond acceptors (Lipinski definition) is 2. The third-order valence-electron chi connectivity index (χ3n) is 5.30. The molecule has 1 aliphatic carbocycles. The molecule has 1 aromatic rings.